The lowest BCUT2D eigenvalue weighted by Gasteiger charge is -2.31. The number of nitrogens with zero attached hydrogens (tertiary/aromatic N) is 7. The summed E-state index contributed by atoms with van der Waals surface area (Å²) in [4.78, 5) is 139. The maximum atomic E-state index is 13.3. The molecule has 2 saturated heterocycles. The van der Waals surface area contributed by atoms with E-state index in [4.69, 9.17) is 89.0 Å². The van der Waals surface area contributed by atoms with Crippen LogP contribution in [0.1, 0.15) is 100 Å². The van der Waals surface area contributed by atoms with Crippen molar-refractivity contribution in [1.29, 1.82) is 0 Å². The quantitative estimate of drug-likeness (QED) is 0.0155. The average Bonchev–Trinajstić information content (AvgIpc) is 1.62. The summed E-state index contributed by atoms with van der Waals surface area (Å²) in [5.41, 5.74) is 7.40. The number of nitrogens with two attached hydrogens (primary N) is 1. The third kappa shape index (κ3) is 23.2. The third-order valence-electron chi connectivity index (χ3n) is 14.5. The van der Waals surface area contributed by atoms with Crippen LogP contribution in [-0.2, 0) is 46.8 Å². The van der Waals surface area contributed by atoms with Crippen molar-refractivity contribution in [2.45, 2.75) is 37.3 Å². The number of aromatic nitrogens is 6. The van der Waals surface area contributed by atoms with E-state index in [1.807, 2.05) is 0 Å². The lowest BCUT2D eigenvalue weighted by atomic mass is 9.89. The van der Waals surface area contributed by atoms with Crippen molar-refractivity contribution in [2.24, 2.45) is 5.73 Å². The fourth-order valence-electron chi connectivity index (χ4n) is 9.08. The molecule has 8 aromatic rings. The van der Waals surface area contributed by atoms with E-state index >= 15 is 0 Å². The number of carboxylic acids is 2. The number of imide groups is 2. The number of ether oxygens (including phenoxy) is 8. The number of esters is 3. The van der Waals surface area contributed by atoms with Crippen molar-refractivity contribution in [3.8, 4) is 29.4 Å². The van der Waals surface area contributed by atoms with Crippen LogP contribution in [0.4, 0.5) is 18.4 Å². The van der Waals surface area contributed by atoms with Crippen LogP contribution in [-0.4, -0.2) is 175 Å². The van der Waals surface area contributed by atoms with Crippen molar-refractivity contribution in [1.82, 2.24) is 56.1 Å². The molecule has 2 fully saturated rings. The first-order chi connectivity index (χ1) is 51.4. The van der Waals surface area contributed by atoms with Gasteiger partial charge in [0.1, 0.15) is 16.8 Å². The highest BCUT2D eigenvalue weighted by Crippen LogP contribution is 2.33. The molecule has 570 valence electrons. The zero-order valence-electron chi connectivity index (χ0n) is 59.0. The second kappa shape index (κ2) is 41.3. The highest BCUT2D eigenvalue weighted by Gasteiger charge is 2.51. The number of halogens is 7. The SMILES string of the molecule is C.COC(=O)c1cc(OC)ncc1C.COC(=O)c1cc(OC)ncc1CBr.COC(=O)c1cc(OC)ncc1Cl.COc1cc(C(=O)O)c(Cl)cn1.COc1cc2c(cn1)CN(CC1(c3ccc(F)cc3)NC(=O)NC1=O)C2=O.NCC1(c2ccc(F)cc2)NC(=O)NC1=O.O=C(O)c1cc(Cl)ncc1Cl.[2H][2H]. The number of aromatic carboxylic acids is 2. The van der Waals surface area contributed by atoms with Gasteiger partial charge in [-0.05, 0) is 59.5 Å². The zero-order chi connectivity index (χ0) is 80.8. The predicted molar refractivity (Wildman–Crippen MR) is 386 cm³/mol. The summed E-state index contributed by atoms with van der Waals surface area (Å²) in [6.07, 6.45) is 8.48. The number of rotatable bonds is 16. The molecule has 9 heterocycles. The number of carbonyl (C=O) groups excluding carboxylic acids is 8. The van der Waals surface area contributed by atoms with Crippen molar-refractivity contribution in [3.63, 3.8) is 0 Å². The number of hydrogen-bond donors (Lipinski definition) is 7. The molecule has 3 aliphatic heterocycles. The monoisotopic (exact) mass is 1630 g/mol. The molecule has 3 aliphatic rings. The summed E-state index contributed by atoms with van der Waals surface area (Å²) >= 11 is 25.4. The molecule has 0 spiro atoms. The summed E-state index contributed by atoms with van der Waals surface area (Å²) in [7, 11) is 11.3. The van der Waals surface area contributed by atoms with E-state index < -0.39 is 64.5 Å². The Hall–Kier alpha value is -11.5. The summed E-state index contributed by atoms with van der Waals surface area (Å²) in [6, 6.07) is 17.8. The number of methoxy groups -OCH3 is 8. The van der Waals surface area contributed by atoms with Gasteiger partial charge in [-0.15, -0.1) is 0 Å². The van der Waals surface area contributed by atoms with Crippen LogP contribution in [0.5, 0.6) is 29.4 Å². The summed E-state index contributed by atoms with van der Waals surface area (Å²) in [6.45, 7) is 1.83. The van der Waals surface area contributed by atoms with Gasteiger partial charge in [0.15, 0.2) is 11.1 Å². The van der Waals surface area contributed by atoms with Crippen LogP contribution < -0.4 is 50.7 Å². The Bertz CT molecular complexity index is 4510. The maximum absolute atomic E-state index is 13.3. The predicted octanol–water partition coefficient (Wildman–Crippen LogP) is 9.64. The summed E-state index contributed by atoms with van der Waals surface area (Å²) in [5, 5.41) is 27.6. The van der Waals surface area contributed by atoms with E-state index in [1.165, 1.54) is 153 Å². The molecule has 2 atom stereocenters. The van der Waals surface area contributed by atoms with Crippen LogP contribution in [0.25, 0.3) is 0 Å². The van der Waals surface area contributed by atoms with E-state index in [1.54, 1.807) is 37.6 Å². The fraction of sp³-hybridized carbons (Fsp3) is 0.235. The molecule has 0 saturated carbocycles. The van der Waals surface area contributed by atoms with Gasteiger partial charge in [0, 0.05) is 82.1 Å². The molecule has 32 nitrogen and oxygen atoms in total. The number of aryl methyl sites for hydroxylation is 1. The van der Waals surface area contributed by atoms with Gasteiger partial charge in [0.2, 0.25) is 29.4 Å². The topological polar surface area (TPSA) is 440 Å². The standard InChI is InChI=1S/C18H15FN4O4.C10H10FN3O2.C9H10BrNO3.C9H11NO3.C8H8ClNO3.C7H6ClNO3.C6H3Cl2NO2.CH4.H2/c1-27-14-6-13-10(7-20-14)8-23(15(13)24)9-18(16(25)21-17(26)22-18)11-2-4-12(19)5-3-11;11-7-3-1-6(2-4-7)10(5-12)8(15)13-9(16)14-10;1-13-8-3-7(9(12)14-2)6(4-10)5-11-8;1-6-5-10-8(12-2)4-7(6)9(11)13-3;1-12-7-3-5(8(11)13-2)6(9)4-10-7;1-12-6-2-4(7(10)11)5(8)3-9-6;7-4-2-9-5(8)1-3(4)6(10)11;;/h2-7H,8-9H2,1H3,(H2,21,22,25,26);1-4H,5,12H2,(H2,13,14,15,16);3,5H,4H2,1-2H3;4-5H,1-3H3;3-4H,1-2H3;2-3H,1H3,(H,10,11);1-2H,(H,10,11);1H4;1H/i;;;;;;;;1+1D. The minimum absolute atomic E-state index is 0. The molecule has 11 rings (SSSR count). The Labute approximate surface area is 640 Å². The molecule has 2 aromatic carbocycles. The van der Waals surface area contributed by atoms with Gasteiger partial charge in [0.25, 0.3) is 17.7 Å². The number of carboxylic acid groups (broad SMARTS) is 2. The van der Waals surface area contributed by atoms with Gasteiger partial charge < -0.3 is 69.4 Å². The number of carbonyl (C=O) groups is 10. The van der Waals surface area contributed by atoms with Gasteiger partial charge in [-0.1, -0.05) is 94.0 Å². The van der Waals surface area contributed by atoms with Gasteiger partial charge in [-0.3, -0.25) is 25.0 Å². The molecule has 2 unspecified atom stereocenters. The van der Waals surface area contributed by atoms with E-state index in [0.29, 0.717) is 62.2 Å². The van der Waals surface area contributed by atoms with Crippen molar-refractivity contribution < 1.29 is 108 Å². The smallest absolute Gasteiger partial charge is 0.339 e. The summed E-state index contributed by atoms with van der Waals surface area (Å²) < 4.78 is 74.2. The Morgan fingerprint density at radius 1 is 0.542 bits per heavy atom. The zero-order valence-corrected chi connectivity index (χ0v) is 61.6. The van der Waals surface area contributed by atoms with Crippen molar-refractivity contribution >= 4 is 122 Å². The fourth-order valence-corrected chi connectivity index (χ4v) is 10.2. The number of pyridine rings is 6. The first kappa shape index (κ1) is 86.1. The largest absolute Gasteiger partial charge is 0.481 e. The van der Waals surface area contributed by atoms with E-state index in [2.05, 4.69) is 81.3 Å². The second-order valence-corrected chi connectivity index (χ2v) is 23.1. The molecule has 39 heteroatoms. The van der Waals surface area contributed by atoms with E-state index in [0.717, 1.165) is 11.1 Å². The van der Waals surface area contributed by atoms with Crippen LogP contribution >= 0.6 is 62.3 Å². The van der Waals surface area contributed by atoms with Crippen LogP contribution in [0.15, 0.2) is 122 Å². The minimum Gasteiger partial charge on any atom is -0.481 e. The number of amides is 7. The molecular formula is C68H69BrCl4F2N12O20. The van der Waals surface area contributed by atoms with Crippen LogP contribution in [0.3, 0.4) is 0 Å². The van der Waals surface area contributed by atoms with Gasteiger partial charge in [-0.25, -0.2) is 72.2 Å². The Kier molecular flexibility index (Phi) is 33.2. The minimum atomic E-state index is -1.50. The molecule has 107 heavy (non-hydrogen) atoms. The Morgan fingerprint density at radius 3 is 1.35 bits per heavy atom. The third-order valence-corrected chi connectivity index (χ3v) is 16.2. The lowest BCUT2D eigenvalue weighted by molar-refractivity contribution is -0.125. The molecule has 7 amide bonds. The lowest BCUT2D eigenvalue weighted by Crippen LogP contribution is -2.52. The second-order valence-electron chi connectivity index (χ2n) is 20.9. The Balaban J connectivity index is 0.000000336. The maximum Gasteiger partial charge on any atom is 0.339 e. The average molecular weight is 1640 g/mol. The molecule has 0 bridgehead atoms. The highest BCUT2D eigenvalue weighted by molar-refractivity contribution is 9.08. The summed E-state index contributed by atoms with van der Waals surface area (Å²) in [5.74, 6) is -4.12. The molecular weight excluding hydrogens is 1560 g/mol. The number of alkyl halides is 1. The number of fused-ring (bicyclic) bond motifs is 1. The molecule has 8 N–H and O–H groups in total. The van der Waals surface area contributed by atoms with Crippen molar-refractivity contribution in [3.05, 3.63) is 215 Å². The number of benzene rings is 2. The number of urea groups is 2. The Morgan fingerprint density at radius 2 is 0.916 bits per heavy atom. The normalized spacial score (nSPS) is 14.6. The van der Waals surface area contributed by atoms with Gasteiger partial charge >= 0.3 is 41.9 Å². The number of nitrogens with one attached hydrogen (secondary N) is 4. The molecule has 6 aromatic heterocycles. The van der Waals surface area contributed by atoms with Crippen LogP contribution in [0.2, 0.25) is 20.2 Å². The first-order valence-electron chi connectivity index (χ1n) is 30.7. The highest BCUT2D eigenvalue weighted by atomic mass is 79.9. The van der Waals surface area contributed by atoms with E-state index in [-0.39, 0.29) is 87.7 Å². The first-order valence-corrected chi connectivity index (χ1v) is 32.3. The number of hydrogen-bond acceptors (Lipinski definition) is 25. The molecule has 0 aliphatic carbocycles. The van der Waals surface area contributed by atoms with Crippen LogP contribution in [0, 0.1) is 18.6 Å². The van der Waals surface area contributed by atoms with E-state index in [9.17, 15) is 56.7 Å². The molecule has 0 radical (unpaired) electrons. The van der Waals surface area contributed by atoms with Gasteiger partial charge in [-0.2, -0.15) is 0 Å². The van der Waals surface area contributed by atoms with Gasteiger partial charge in [0.05, 0.1) is 124 Å². The van der Waals surface area contributed by atoms with Crippen molar-refractivity contribution in [2.75, 3.05) is 70.0 Å².